The fraction of sp³-hybridized carbons (Fsp3) is 0.407. The molecule has 4 rings (SSSR count). The summed E-state index contributed by atoms with van der Waals surface area (Å²) in [4.78, 5) is 27.1. The molecule has 0 bridgehead atoms. The molecule has 7 nitrogen and oxygen atoms in total. The number of nitrogens with zero attached hydrogens (tertiary/aromatic N) is 1. The first kappa shape index (κ1) is 23.7. The summed E-state index contributed by atoms with van der Waals surface area (Å²) in [5.41, 5.74) is 2.83. The lowest BCUT2D eigenvalue weighted by atomic mass is 10.1. The predicted octanol–water partition coefficient (Wildman–Crippen LogP) is 5.37. The lowest BCUT2D eigenvalue weighted by Gasteiger charge is -2.24. The summed E-state index contributed by atoms with van der Waals surface area (Å²) in [6.45, 7) is 10.7. The van der Waals surface area contributed by atoms with Gasteiger partial charge in [0.25, 0.3) is 5.91 Å². The maximum absolute atomic E-state index is 13.2. The Morgan fingerprint density at radius 2 is 1.94 bits per heavy atom. The van der Waals surface area contributed by atoms with Gasteiger partial charge in [-0.05, 0) is 64.8 Å². The normalized spacial score (nSPS) is 16.0. The van der Waals surface area contributed by atoms with Crippen molar-refractivity contribution in [1.29, 1.82) is 0 Å². The molecule has 1 saturated heterocycles. The molecule has 1 fully saturated rings. The summed E-state index contributed by atoms with van der Waals surface area (Å²) < 4.78 is 17.3. The van der Waals surface area contributed by atoms with Gasteiger partial charge >= 0.3 is 6.09 Å². The molecular weight excluding hydrogens is 432 g/mol. The van der Waals surface area contributed by atoms with Crippen LogP contribution in [0.15, 0.2) is 46.9 Å². The van der Waals surface area contributed by atoms with Crippen molar-refractivity contribution in [2.45, 2.75) is 59.3 Å². The highest BCUT2D eigenvalue weighted by atomic mass is 16.6. The number of carbonyl (C=O) groups excluding carboxylic acids is 2. The van der Waals surface area contributed by atoms with E-state index in [0.29, 0.717) is 54.2 Å². The van der Waals surface area contributed by atoms with Crippen LogP contribution in [0.3, 0.4) is 0 Å². The van der Waals surface area contributed by atoms with E-state index in [1.54, 1.807) is 11.8 Å². The van der Waals surface area contributed by atoms with Crippen molar-refractivity contribution in [2.75, 3.05) is 13.1 Å². The second kappa shape index (κ2) is 9.41. The number of benzene rings is 2. The Bertz CT molecular complexity index is 1210. The summed E-state index contributed by atoms with van der Waals surface area (Å²) in [6.07, 6.45) is 0.314. The minimum Gasteiger partial charge on any atom is -0.489 e. The maximum atomic E-state index is 13.2. The summed E-state index contributed by atoms with van der Waals surface area (Å²) >= 11 is 0. The highest BCUT2D eigenvalue weighted by Crippen LogP contribution is 2.30. The van der Waals surface area contributed by atoms with E-state index < -0.39 is 5.60 Å². The van der Waals surface area contributed by atoms with Gasteiger partial charge in [0.15, 0.2) is 0 Å². The second-order valence-corrected chi connectivity index (χ2v) is 9.85. The van der Waals surface area contributed by atoms with Crippen LogP contribution in [-0.2, 0) is 11.3 Å². The van der Waals surface area contributed by atoms with Crippen LogP contribution in [-0.4, -0.2) is 41.6 Å². The lowest BCUT2D eigenvalue weighted by molar-refractivity contribution is 0.0290. The number of ether oxygens (including phenoxy) is 2. The molecule has 3 aromatic rings. The molecule has 1 atom stereocenters. The van der Waals surface area contributed by atoms with Gasteiger partial charge in [-0.2, -0.15) is 0 Å². The van der Waals surface area contributed by atoms with E-state index in [0.717, 1.165) is 5.56 Å². The molecule has 0 spiro atoms. The van der Waals surface area contributed by atoms with E-state index in [1.165, 1.54) is 5.56 Å². The van der Waals surface area contributed by atoms with E-state index in [4.69, 9.17) is 13.9 Å². The highest BCUT2D eigenvalue weighted by Gasteiger charge is 2.31. The Morgan fingerprint density at radius 3 is 2.68 bits per heavy atom. The van der Waals surface area contributed by atoms with E-state index in [2.05, 4.69) is 11.4 Å². The largest absolute Gasteiger partial charge is 0.489 e. The van der Waals surface area contributed by atoms with Gasteiger partial charge in [-0.15, -0.1) is 0 Å². The summed E-state index contributed by atoms with van der Waals surface area (Å²) in [6, 6.07) is 13.5. The van der Waals surface area contributed by atoms with Crippen molar-refractivity contribution in [3.63, 3.8) is 0 Å². The number of nitrogens with one attached hydrogen (secondary N) is 1. The first-order valence-corrected chi connectivity index (χ1v) is 11.6. The molecule has 1 unspecified atom stereocenters. The molecule has 1 N–H and O–H groups in total. The molecule has 180 valence electrons. The smallest absolute Gasteiger partial charge is 0.410 e. The Labute approximate surface area is 200 Å². The average Bonchev–Trinajstić information content (AvgIpc) is 3.34. The van der Waals surface area contributed by atoms with Crippen molar-refractivity contribution >= 4 is 23.0 Å². The summed E-state index contributed by atoms with van der Waals surface area (Å²) in [7, 11) is 0. The number of likely N-dealkylation sites (tertiary alicyclic amines) is 1. The fourth-order valence-corrected chi connectivity index (χ4v) is 4.17. The number of carbonyl (C=O) groups is 2. The molecule has 7 heteroatoms. The number of amides is 2. The summed E-state index contributed by atoms with van der Waals surface area (Å²) in [5.74, 6) is 0.995. The van der Waals surface area contributed by atoms with Crippen LogP contribution in [0.2, 0.25) is 0 Å². The first-order chi connectivity index (χ1) is 16.1. The molecule has 0 saturated carbocycles. The quantitative estimate of drug-likeness (QED) is 0.549. The zero-order valence-electron chi connectivity index (χ0n) is 20.4. The summed E-state index contributed by atoms with van der Waals surface area (Å²) in [5, 5.41) is 3.76. The number of hydrogen-bond acceptors (Lipinski definition) is 5. The Hall–Kier alpha value is -3.48. The monoisotopic (exact) mass is 464 g/mol. The van der Waals surface area contributed by atoms with Crippen LogP contribution >= 0.6 is 0 Å². The van der Waals surface area contributed by atoms with Crippen LogP contribution in [0.25, 0.3) is 11.0 Å². The second-order valence-electron chi connectivity index (χ2n) is 9.85. The number of fused-ring (bicyclic) bond motifs is 1. The van der Waals surface area contributed by atoms with Gasteiger partial charge in [-0.1, -0.05) is 29.8 Å². The number of hydrogen-bond donors (Lipinski definition) is 1. The fourth-order valence-electron chi connectivity index (χ4n) is 4.17. The highest BCUT2D eigenvalue weighted by molar-refractivity contribution is 6.07. The van der Waals surface area contributed by atoms with Crippen LogP contribution in [0, 0.1) is 13.8 Å². The Morgan fingerprint density at radius 1 is 1.15 bits per heavy atom. The third-order valence-electron chi connectivity index (χ3n) is 5.73. The minimum absolute atomic E-state index is 0.148. The van der Waals surface area contributed by atoms with Crippen molar-refractivity contribution < 1.29 is 23.5 Å². The molecular formula is C27H32N2O5. The van der Waals surface area contributed by atoms with Crippen molar-refractivity contribution in [3.8, 4) is 5.75 Å². The van der Waals surface area contributed by atoms with E-state index in [1.807, 2.05) is 64.1 Å². The molecule has 1 aliphatic rings. The van der Waals surface area contributed by atoms with E-state index >= 15 is 0 Å². The molecule has 1 aromatic heterocycles. The third-order valence-corrected chi connectivity index (χ3v) is 5.73. The van der Waals surface area contributed by atoms with Gasteiger partial charge in [-0.3, -0.25) is 4.79 Å². The third kappa shape index (κ3) is 5.53. The Balaban J connectivity index is 1.44. The van der Waals surface area contributed by atoms with E-state index in [-0.39, 0.29) is 18.0 Å². The topological polar surface area (TPSA) is 81.0 Å². The average molecular weight is 465 g/mol. The lowest BCUT2D eigenvalue weighted by Crippen LogP contribution is -2.40. The molecule has 1 aliphatic heterocycles. The van der Waals surface area contributed by atoms with Gasteiger partial charge in [0.2, 0.25) is 0 Å². The molecule has 0 radical (unpaired) electrons. The number of rotatable bonds is 5. The van der Waals surface area contributed by atoms with Gasteiger partial charge in [0.05, 0.1) is 5.56 Å². The van der Waals surface area contributed by atoms with Gasteiger partial charge in [0.1, 0.15) is 29.3 Å². The Kier molecular flexibility index (Phi) is 6.55. The van der Waals surface area contributed by atoms with Crippen LogP contribution in [0.5, 0.6) is 5.75 Å². The minimum atomic E-state index is -0.551. The van der Waals surface area contributed by atoms with E-state index in [9.17, 15) is 9.59 Å². The van der Waals surface area contributed by atoms with Gasteiger partial charge in [0, 0.05) is 24.5 Å². The van der Waals surface area contributed by atoms with Crippen molar-refractivity contribution in [3.05, 3.63) is 64.9 Å². The molecule has 2 heterocycles. The zero-order chi connectivity index (χ0) is 24.5. The van der Waals surface area contributed by atoms with Crippen molar-refractivity contribution in [1.82, 2.24) is 10.2 Å². The molecule has 34 heavy (non-hydrogen) atoms. The maximum Gasteiger partial charge on any atom is 0.410 e. The van der Waals surface area contributed by atoms with Crippen molar-refractivity contribution in [2.24, 2.45) is 0 Å². The van der Waals surface area contributed by atoms with Gasteiger partial charge in [-0.25, -0.2) is 4.79 Å². The molecule has 2 amide bonds. The van der Waals surface area contributed by atoms with Gasteiger partial charge < -0.3 is 24.1 Å². The van der Waals surface area contributed by atoms with Crippen LogP contribution < -0.4 is 10.1 Å². The number of furan rings is 1. The number of aryl methyl sites for hydroxylation is 2. The first-order valence-electron chi connectivity index (χ1n) is 11.6. The van der Waals surface area contributed by atoms with Crippen LogP contribution in [0.4, 0.5) is 4.79 Å². The predicted molar refractivity (Wildman–Crippen MR) is 130 cm³/mol. The van der Waals surface area contributed by atoms with Crippen LogP contribution in [0.1, 0.15) is 54.4 Å². The molecule has 2 aromatic carbocycles. The standard InChI is InChI=1S/C27H32N2O5/c1-17-7-6-8-19(13-17)16-32-21-9-10-23-22(14-21)24(18(2)33-23)25(30)28-20-11-12-29(15-20)26(31)34-27(3,4)5/h6-10,13-14,20H,11-12,15-16H2,1-5H3,(H,28,30). The molecule has 0 aliphatic carbocycles. The zero-order valence-corrected chi connectivity index (χ0v) is 20.4. The SMILES string of the molecule is Cc1cccc(COc2ccc3oc(C)c(C(=O)NC4CCN(C(=O)OC(C)(C)C)C4)c3c2)c1.